The molecule has 8 heteroatoms. The number of methoxy groups -OCH3 is 2. The highest BCUT2D eigenvalue weighted by atomic mass is 35.5. The summed E-state index contributed by atoms with van der Waals surface area (Å²) in [5.41, 5.74) is 2.17. The van der Waals surface area contributed by atoms with Gasteiger partial charge in [0.05, 0.1) is 19.9 Å². The van der Waals surface area contributed by atoms with Crippen molar-refractivity contribution in [3.05, 3.63) is 88.6 Å². The lowest BCUT2D eigenvalue weighted by atomic mass is 10.1. The zero-order valence-electron chi connectivity index (χ0n) is 19.4. The molecule has 35 heavy (non-hydrogen) atoms. The number of amides is 2. The maximum atomic E-state index is 13.2. The van der Waals surface area contributed by atoms with Crippen molar-refractivity contribution >= 4 is 35.2 Å². The minimum atomic E-state index is -0.418. The van der Waals surface area contributed by atoms with Gasteiger partial charge in [-0.2, -0.15) is 0 Å². The van der Waals surface area contributed by atoms with Crippen molar-refractivity contribution in [2.45, 2.75) is 6.42 Å². The van der Waals surface area contributed by atoms with Crippen molar-refractivity contribution in [3.8, 4) is 17.2 Å². The van der Waals surface area contributed by atoms with Gasteiger partial charge in [-0.3, -0.25) is 14.5 Å². The molecule has 0 aromatic heterocycles. The third kappa shape index (κ3) is 5.58. The summed E-state index contributed by atoms with van der Waals surface area (Å²) in [5.74, 6) is 1.15. The number of fused-ring (bicyclic) bond motifs is 1. The van der Waals surface area contributed by atoms with Gasteiger partial charge in [0.15, 0.2) is 23.0 Å². The highest BCUT2D eigenvalue weighted by molar-refractivity contribution is 6.32. The Hall–Kier alpha value is -3.97. The summed E-state index contributed by atoms with van der Waals surface area (Å²) in [5, 5.41) is 3.38. The molecule has 0 radical (unpaired) electrons. The maximum absolute atomic E-state index is 13.2. The van der Waals surface area contributed by atoms with Crippen LogP contribution in [0.2, 0.25) is 5.02 Å². The van der Waals surface area contributed by atoms with E-state index in [1.54, 1.807) is 50.6 Å². The SMILES string of the molecule is COc1ccc(CCNC(=O)CN2C(=O)/C(=C\c3ccccc3Cl)Oc3ccccc32)cc1OC. The van der Waals surface area contributed by atoms with E-state index in [-0.39, 0.29) is 18.2 Å². The van der Waals surface area contributed by atoms with Crippen molar-refractivity contribution in [2.24, 2.45) is 0 Å². The standard InChI is InChI=1S/C27H25ClN2O5/c1-33-23-12-11-18(15-24(23)34-2)13-14-29-26(31)17-30-21-9-5-6-10-22(21)35-25(27(30)32)16-19-7-3-4-8-20(19)28/h3-12,15-16H,13-14,17H2,1-2H3,(H,29,31)/b25-16+. The van der Waals surface area contributed by atoms with Gasteiger partial charge in [0, 0.05) is 11.6 Å². The Balaban J connectivity index is 1.46. The lowest BCUT2D eigenvalue weighted by Crippen LogP contribution is -2.44. The van der Waals surface area contributed by atoms with Gasteiger partial charge in [0.2, 0.25) is 5.91 Å². The van der Waals surface area contributed by atoms with Gasteiger partial charge in [-0.1, -0.05) is 48.0 Å². The number of hydrogen-bond acceptors (Lipinski definition) is 5. The molecule has 0 spiro atoms. The lowest BCUT2D eigenvalue weighted by Gasteiger charge is -2.30. The lowest BCUT2D eigenvalue weighted by molar-refractivity contribution is -0.123. The maximum Gasteiger partial charge on any atom is 0.294 e. The molecule has 0 saturated heterocycles. The monoisotopic (exact) mass is 492 g/mol. The fraction of sp³-hybridized carbons (Fsp3) is 0.185. The Bertz CT molecular complexity index is 1270. The van der Waals surface area contributed by atoms with Crippen LogP contribution in [0.1, 0.15) is 11.1 Å². The van der Waals surface area contributed by atoms with Crippen molar-refractivity contribution in [1.29, 1.82) is 0 Å². The number of benzene rings is 3. The molecule has 1 aliphatic rings. The smallest absolute Gasteiger partial charge is 0.294 e. The number of ether oxygens (including phenoxy) is 3. The minimum Gasteiger partial charge on any atom is -0.493 e. The molecule has 0 unspecified atom stereocenters. The average Bonchev–Trinajstić information content (AvgIpc) is 2.87. The molecule has 1 N–H and O–H groups in total. The van der Waals surface area contributed by atoms with Gasteiger partial charge in [0.1, 0.15) is 6.54 Å². The summed E-state index contributed by atoms with van der Waals surface area (Å²) in [6.07, 6.45) is 2.18. The number of carbonyl (C=O) groups is 2. The van der Waals surface area contributed by atoms with E-state index in [1.807, 2.05) is 36.4 Å². The van der Waals surface area contributed by atoms with Crippen LogP contribution in [-0.4, -0.2) is 39.1 Å². The first-order valence-corrected chi connectivity index (χ1v) is 11.4. The third-order valence-corrected chi connectivity index (χ3v) is 5.85. The van der Waals surface area contributed by atoms with E-state index in [4.69, 9.17) is 25.8 Å². The summed E-state index contributed by atoms with van der Waals surface area (Å²) in [6, 6.07) is 19.9. The van der Waals surface area contributed by atoms with Crippen LogP contribution in [-0.2, 0) is 16.0 Å². The first kappa shape index (κ1) is 24.2. The molecular formula is C27H25ClN2O5. The van der Waals surface area contributed by atoms with Gasteiger partial charge in [-0.05, 0) is 54.0 Å². The fourth-order valence-electron chi connectivity index (χ4n) is 3.73. The molecule has 3 aromatic rings. The topological polar surface area (TPSA) is 77.1 Å². The Labute approximate surface area is 208 Å². The van der Waals surface area contributed by atoms with Crippen molar-refractivity contribution in [3.63, 3.8) is 0 Å². The Morgan fingerprint density at radius 1 is 1.03 bits per heavy atom. The van der Waals surface area contributed by atoms with Crippen LogP contribution < -0.4 is 24.4 Å². The molecule has 0 atom stereocenters. The van der Waals surface area contributed by atoms with Gasteiger partial charge >= 0.3 is 0 Å². The summed E-state index contributed by atoms with van der Waals surface area (Å²) in [4.78, 5) is 27.4. The molecule has 0 fully saturated rings. The highest BCUT2D eigenvalue weighted by Gasteiger charge is 2.31. The molecule has 3 aromatic carbocycles. The zero-order chi connectivity index (χ0) is 24.8. The number of nitrogens with one attached hydrogen (secondary N) is 1. The van der Waals surface area contributed by atoms with Gasteiger partial charge in [-0.15, -0.1) is 0 Å². The number of nitrogens with zero attached hydrogens (tertiary/aromatic N) is 1. The van der Waals surface area contributed by atoms with Gasteiger partial charge in [0.25, 0.3) is 5.91 Å². The molecule has 2 amide bonds. The van der Waals surface area contributed by atoms with Crippen LogP contribution in [0.5, 0.6) is 17.2 Å². The normalized spacial score (nSPS) is 13.7. The van der Waals surface area contributed by atoms with Crippen LogP contribution >= 0.6 is 11.6 Å². The largest absolute Gasteiger partial charge is 0.493 e. The van der Waals surface area contributed by atoms with Crippen molar-refractivity contribution in [1.82, 2.24) is 5.32 Å². The average molecular weight is 493 g/mol. The number of halogens is 1. The quantitative estimate of drug-likeness (QED) is 0.469. The Morgan fingerprint density at radius 3 is 2.54 bits per heavy atom. The number of para-hydroxylation sites is 2. The molecule has 0 aliphatic carbocycles. The van der Waals surface area contributed by atoms with E-state index in [0.717, 1.165) is 5.56 Å². The predicted octanol–water partition coefficient (Wildman–Crippen LogP) is 4.48. The molecule has 0 saturated carbocycles. The molecule has 7 nitrogen and oxygen atoms in total. The van der Waals surface area contributed by atoms with E-state index in [9.17, 15) is 9.59 Å². The summed E-state index contributed by atoms with van der Waals surface area (Å²) in [6.45, 7) is 0.252. The van der Waals surface area contributed by atoms with Crippen LogP contribution in [0.4, 0.5) is 5.69 Å². The first-order chi connectivity index (χ1) is 17.0. The van der Waals surface area contributed by atoms with E-state index < -0.39 is 5.91 Å². The predicted molar refractivity (Wildman–Crippen MR) is 135 cm³/mol. The number of rotatable bonds is 8. The molecule has 0 bridgehead atoms. The summed E-state index contributed by atoms with van der Waals surface area (Å²) >= 11 is 6.25. The van der Waals surface area contributed by atoms with Crippen LogP contribution in [0, 0.1) is 0 Å². The minimum absolute atomic E-state index is 0.0925. The molecular weight excluding hydrogens is 468 g/mol. The number of carbonyl (C=O) groups excluding carboxylic acids is 2. The summed E-state index contributed by atoms with van der Waals surface area (Å²) in [7, 11) is 3.16. The Kier molecular flexibility index (Phi) is 7.57. The second-order valence-electron chi connectivity index (χ2n) is 7.78. The summed E-state index contributed by atoms with van der Waals surface area (Å²) < 4.78 is 16.4. The fourth-order valence-corrected chi connectivity index (χ4v) is 3.92. The van der Waals surface area contributed by atoms with Crippen LogP contribution in [0.3, 0.4) is 0 Å². The van der Waals surface area contributed by atoms with Gasteiger partial charge in [-0.25, -0.2) is 0 Å². The van der Waals surface area contributed by atoms with Gasteiger partial charge < -0.3 is 19.5 Å². The van der Waals surface area contributed by atoms with E-state index in [0.29, 0.717) is 46.5 Å². The highest BCUT2D eigenvalue weighted by Crippen LogP contribution is 2.36. The van der Waals surface area contributed by atoms with Crippen molar-refractivity contribution < 1.29 is 23.8 Å². The number of anilines is 1. The van der Waals surface area contributed by atoms with E-state index >= 15 is 0 Å². The van der Waals surface area contributed by atoms with Crippen molar-refractivity contribution in [2.75, 3.05) is 32.2 Å². The molecule has 180 valence electrons. The number of hydrogen-bond donors (Lipinski definition) is 1. The molecule has 1 heterocycles. The second kappa shape index (κ2) is 11.0. The first-order valence-electron chi connectivity index (χ1n) is 11.0. The Morgan fingerprint density at radius 2 is 1.77 bits per heavy atom. The van der Waals surface area contributed by atoms with Crippen LogP contribution in [0.15, 0.2) is 72.5 Å². The third-order valence-electron chi connectivity index (χ3n) is 5.51. The zero-order valence-corrected chi connectivity index (χ0v) is 20.2. The molecule has 4 rings (SSSR count). The van der Waals surface area contributed by atoms with E-state index in [2.05, 4.69) is 5.32 Å². The second-order valence-corrected chi connectivity index (χ2v) is 8.19. The van der Waals surface area contributed by atoms with Crippen LogP contribution in [0.25, 0.3) is 6.08 Å². The molecule has 1 aliphatic heterocycles. The van der Waals surface area contributed by atoms with E-state index in [1.165, 1.54) is 4.90 Å².